The summed E-state index contributed by atoms with van der Waals surface area (Å²) in [6.07, 6.45) is 0.886. The summed E-state index contributed by atoms with van der Waals surface area (Å²) >= 11 is 0. The van der Waals surface area contributed by atoms with Gasteiger partial charge >= 0.3 is 5.97 Å². The first-order valence-electron chi connectivity index (χ1n) is 6.96. The fourth-order valence-corrected chi connectivity index (χ4v) is 2.14. The molecular weight excluding hydrogens is 248 g/mol. The molecule has 0 heterocycles. The van der Waals surface area contributed by atoms with E-state index in [0.717, 1.165) is 17.5 Å². The van der Waals surface area contributed by atoms with Gasteiger partial charge in [0.25, 0.3) is 0 Å². The minimum atomic E-state index is -0.245. The van der Waals surface area contributed by atoms with E-state index in [4.69, 9.17) is 4.74 Å². The predicted molar refractivity (Wildman–Crippen MR) is 80.5 cm³/mol. The number of carbonyl (C=O) groups excluding carboxylic acids is 1. The summed E-state index contributed by atoms with van der Waals surface area (Å²) in [5.41, 5.74) is 2.74. The van der Waals surface area contributed by atoms with Gasteiger partial charge in [0.1, 0.15) is 6.61 Å². The molecule has 0 spiro atoms. The lowest BCUT2D eigenvalue weighted by atomic mass is 9.98. The van der Waals surface area contributed by atoms with Crippen LogP contribution in [0.5, 0.6) is 0 Å². The number of rotatable bonds is 5. The first kappa shape index (κ1) is 14.3. The first-order chi connectivity index (χ1) is 9.66. The summed E-state index contributed by atoms with van der Waals surface area (Å²) in [7, 11) is 0. The molecule has 2 nitrogen and oxygen atoms in total. The van der Waals surface area contributed by atoms with Gasteiger partial charge in [-0.25, -0.2) is 4.79 Å². The lowest BCUT2D eigenvalue weighted by molar-refractivity contribution is 0.0471. The zero-order valence-corrected chi connectivity index (χ0v) is 12.0. The van der Waals surface area contributed by atoms with Gasteiger partial charge in [-0.3, -0.25) is 0 Å². The second-order valence-corrected chi connectivity index (χ2v) is 5.32. The zero-order valence-electron chi connectivity index (χ0n) is 12.0. The highest BCUT2D eigenvalue weighted by atomic mass is 16.5. The summed E-state index contributed by atoms with van der Waals surface area (Å²) in [5.74, 6) is 0.267. The first-order valence-corrected chi connectivity index (χ1v) is 6.96. The molecular formula is C18H20O2. The molecule has 20 heavy (non-hydrogen) atoms. The van der Waals surface area contributed by atoms with E-state index in [1.807, 2.05) is 54.6 Å². The fraction of sp³-hybridized carbons (Fsp3) is 0.278. The molecule has 2 aromatic carbocycles. The maximum Gasteiger partial charge on any atom is 0.338 e. The molecule has 0 radical (unpaired) electrons. The van der Waals surface area contributed by atoms with Gasteiger partial charge in [0, 0.05) is 0 Å². The van der Waals surface area contributed by atoms with Crippen LogP contribution in [0.3, 0.4) is 0 Å². The Hall–Kier alpha value is -2.09. The molecule has 2 aromatic rings. The van der Waals surface area contributed by atoms with Crippen LogP contribution in [0.1, 0.15) is 35.3 Å². The highest BCUT2D eigenvalue weighted by Crippen LogP contribution is 2.15. The largest absolute Gasteiger partial charge is 0.457 e. The van der Waals surface area contributed by atoms with Gasteiger partial charge in [-0.15, -0.1) is 0 Å². The fourth-order valence-electron chi connectivity index (χ4n) is 2.14. The molecule has 2 heteroatoms. The topological polar surface area (TPSA) is 26.3 Å². The van der Waals surface area contributed by atoms with Crippen LogP contribution >= 0.6 is 0 Å². The average molecular weight is 268 g/mol. The summed E-state index contributed by atoms with van der Waals surface area (Å²) in [4.78, 5) is 12.2. The summed E-state index contributed by atoms with van der Waals surface area (Å²) in [6, 6.07) is 17.4. The summed E-state index contributed by atoms with van der Waals surface area (Å²) < 4.78 is 5.40. The summed E-state index contributed by atoms with van der Waals surface area (Å²) in [6.45, 7) is 4.61. The molecule has 0 bridgehead atoms. The summed E-state index contributed by atoms with van der Waals surface area (Å²) in [5, 5.41) is 0. The standard InChI is InChI=1S/C18H20O2/c1-14(2)12-16-10-6-7-11-17(16)18(19)20-13-15-8-4-3-5-9-15/h3-11,14H,12-13H2,1-2H3. The van der Waals surface area contributed by atoms with E-state index in [9.17, 15) is 4.79 Å². The molecule has 0 aliphatic heterocycles. The van der Waals surface area contributed by atoms with Crippen LogP contribution in [-0.4, -0.2) is 5.97 Å². The van der Waals surface area contributed by atoms with E-state index >= 15 is 0 Å². The number of esters is 1. The van der Waals surface area contributed by atoms with Crippen molar-refractivity contribution in [1.29, 1.82) is 0 Å². The number of ether oxygens (including phenoxy) is 1. The predicted octanol–water partition coefficient (Wildman–Crippen LogP) is 4.24. The lowest BCUT2D eigenvalue weighted by Crippen LogP contribution is -2.09. The van der Waals surface area contributed by atoms with Crippen LogP contribution in [-0.2, 0) is 17.8 Å². The molecule has 0 aliphatic carbocycles. The van der Waals surface area contributed by atoms with Crippen molar-refractivity contribution < 1.29 is 9.53 Å². The maximum atomic E-state index is 12.2. The molecule has 104 valence electrons. The second kappa shape index (κ2) is 6.90. The van der Waals surface area contributed by atoms with Crippen LogP contribution in [0.2, 0.25) is 0 Å². The number of carbonyl (C=O) groups is 1. The smallest absolute Gasteiger partial charge is 0.338 e. The molecule has 0 saturated heterocycles. The molecule has 0 N–H and O–H groups in total. The van der Waals surface area contributed by atoms with Crippen molar-refractivity contribution in [3.63, 3.8) is 0 Å². The van der Waals surface area contributed by atoms with Gasteiger partial charge in [0.15, 0.2) is 0 Å². The number of hydrogen-bond donors (Lipinski definition) is 0. The average Bonchev–Trinajstić information content (AvgIpc) is 2.46. The third kappa shape index (κ3) is 3.95. The van der Waals surface area contributed by atoms with Crippen LogP contribution in [0, 0.1) is 5.92 Å². The van der Waals surface area contributed by atoms with Crippen molar-refractivity contribution in [1.82, 2.24) is 0 Å². The third-order valence-electron chi connectivity index (χ3n) is 3.08. The highest BCUT2D eigenvalue weighted by Gasteiger charge is 2.13. The molecule has 0 aliphatic rings. The van der Waals surface area contributed by atoms with Gasteiger partial charge in [-0.05, 0) is 29.5 Å². The van der Waals surface area contributed by atoms with Gasteiger partial charge in [-0.1, -0.05) is 62.4 Å². The Morgan fingerprint density at radius 3 is 2.35 bits per heavy atom. The molecule has 0 fully saturated rings. The molecule has 2 rings (SSSR count). The number of hydrogen-bond acceptors (Lipinski definition) is 2. The van der Waals surface area contributed by atoms with Crippen molar-refractivity contribution in [2.45, 2.75) is 26.9 Å². The Balaban J connectivity index is 2.05. The van der Waals surface area contributed by atoms with Crippen LogP contribution in [0.15, 0.2) is 54.6 Å². The minimum absolute atomic E-state index is 0.245. The van der Waals surface area contributed by atoms with Crippen LogP contribution in [0.25, 0.3) is 0 Å². The van der Waals surface area contributed by atoms with Crippen molar-refractivity contribution in [2.75, 3.05) is 0 Å². The highest BCUT2D eigenvalue weighted by molar-refractivity contribution is 5.91. The van der Waals surface area contributed by atoms with E-state index in [-0.39, 0.29) is 5.97 Å². The van der Waals surface area contributed by atoms with Gasteiger partial charge < -0.3 is 4.74 Å². The molecule has 0 amide bonds. The minimum Gasteiger partial charge on any atom is -0.457 e. The molecule has 0 aromatic heterocycles. The Kier molecular flexibility index (Phi) is 4.94. The maximum absolute atomic E-state index is 12.2. The Morgan fingerprint density at radius 2 is 1.65 bits per heavy atom. The zero-order chi connectivity index (χ0) is 14.4. The SMILES string of the molecule is CC(C)Cc1ccccc1C(=O)OCc1ccccc1. The van der Waals surface area contributed by atoms with Crippen molar-refractivity contribution >= 4 is 5.97 Å². The normalized spacial score (nSPS) is 10.6. The lowest BCUT2D eigenvalue weighted by Gasteiger charge is -2.11. The Labute approximate surface area is 120 Å². The van der Waals surface area contributed by atoms with Crippen molar-refractivity contribution in [3.8, 4) is 0 Å². The van der Waals surface area contributed by atoms with E-state index in [2.05, 4.69) is 13.8 Å². The number of benzene rings is 2. The third-order valence-corrected chi connectivity index (χ3v) is 3.08. The monoisotopic (exact) mass is 268 g/mol. The van der Waals surface area contributed by atoms with E-state index in [1.54, 1.807) is 0 Å². The van der Waals surface area contributed by atoms with Crippen LogP contribution < -0.4 is 0 Å². The Bertz CT molecular complexity index is 559. The Morgan fingerprint density at radius 1 is 1.00 bits per heavy atom. The van der Waals surface area contributed by atoms with E-state index in [1.165, 1.54) is 0 Å². The van der Waals surface area contributed by atoms with Crippen molar-refractivity contribution in [3.05, 3.63) is 71.3 Å². The van der Waals surface area contributed by atoms with Gasteiger partial charge in [0.05, 0.1) is 5.56 Å². The molecule has 0 unspecified atom stereocenters. The van der Waals surface area contributed by atoms with E-state index in [0.29, 0.717) is 18.1 Å². The van der Waals surface area contributed by atoms with Gasteiger partial charge in [-0.2, -0.15) is 0 Å². The quantitative estimate of drug-likeness (QED) is 0.758. The van der Waals surface area contributed by atoms with Crippen LogP contribution in [0.4, 0.5) is 0 Å². The van der Waals surface area contributed by atoms with Crippen molar-refractivity contribution in [2.24, 2.45) is 5.92 Å². The molecule has 0 saturated carbocycles. The second-order valence-electron chi connectivity index (χ2n) is 5.32. The van der Waals surface area contributed by atoms with E-state index < -0.39 is 0 Å². The molecule has 0 atom stereocenters. The van der Waals surface area contributed by atoms with Gasteiger partial charge in [0.2, 0.25) is 0 Å².